The molecule has 140 valence electrons. The van der Waals surface area contributed by atoms with E-state index in [0.717, 1.165) is 38.8 Å². The molecule has 2 heterocycles. The van der Waals surface area contributed by atoms with Crippen LogP contribution in [0.1, 0.15) is 44.9 Å². The van der Waals surface area contributed by atoms with Crippen molar-refractivity contribution in [3.8, 4) is 0 Å². The van der Waals surface area contributed by atoms with Gasteiger partial charge in [-0.05, 0) is 38.8 Å². The van der Waals surface area contributed by atoms with Gasteiger partial charge in [0.25, 0.3) is 0 Å². The van der Waals surface area contributed by atoms with Gasteiger partial charge in [-0.15, -0.1) is 0 Å². The van der Waals surface area contributed by atoms with Gasteiger partial charge in [0.1, 0.15) is 0 Å². The number of carbonyl (C=O) groups is 1. The Morgan fingerprint density at radius 2 is 1.96 bits per heavy atom. The molecule has 0 aromatic carbocycles. The third-order valence-corrected chi connectivity index (χ3v) is 5.39. The van der Waals surface area contributed by atoms with Crippen molar-refractivity contribution in [3.05, 3.63) is 12.4 Å². The molecule has 7 nitrogen and oxygen atoms in total. The predicted octanol–water partition coefficient (Wildman–Crippen LogP) is 2.14. The molecule has 0 unspecified atom stereocenters. The number of nitrogens with one attached hydrogen (secondary N) is 1. The molecule has 25 heavy (non-hydrogen) atoms. The number of urea groups is 1. The van der Waals surface area contributed by atoms with E-state index in [0.29, 0.717) is 12.2 Å². The van der Waals surface area contributed by atoms with Crippen LogP contribution in [0.25, 0.3) is 0 Å². The zero-order valence-corrected chi connectivity index (χ0v) is 15.3. The van der Waals surface area contributed by atoms with Crippen molar-refractivity contribution in [1.82, 2.24) is 19.6 Å². The second kappa shape index (κ2) is 8.19. The molecule has 0 spiro atoms. The molecule has 1 saturated heterocycles. The first-order valence-electron chi connectivity index (χ1n) is 9.53. The van der Waals surface area contributed by atoms with Crippen molar-refractivity contribution >= 4 is 11.7 Å². The predicted molar refractivity (Wildman–Crippen MR) is 97.6 cm³/mol. The molecule has 1 aliphatic carbocycles. The fourth-order valence-corrected chi connectivity index (χ4v) is 3.90. The first-order valence-corrected chi connectivity index (χ1v) is 9.53. The standard InChI is InChI=1S/C18H31N5O2/c1-21(15-18(25)7-3-4-8-18)17(24)20-16-13-19-23(14-16)12-11-22-9-5-2-6-10-22/h13-14,25H,2-12,15H2,1H3,(H,20,24). The van der Waals surface area contributed by atoms with Crippen LogP contribution >= 0.6 is 0 Å². The van der Waals surface area contributed by atoms with Crippen molar-refractivity contribution in [2.45, 2.75) is 57.1 Å². The maximum Gasteiger partial charge on any atom is 0.321 e. The number of carbonyl (C=O) groups excluding carboxylic acids is 1. The van der Waals surface area contributed by atoms with E-state index < -0.39 is 5.60 Å². The first-order chi connectivity index (χ1) is 12.0. The van der Waals surface area contributed by atoms with E-state index in [1.165, 1.54) is 32.4 Å². The Balaban J connectivity index is 1.44. The van der Waals surface area contributed by atoms with Crippen LogP contribution in [0.3, 0.4) is 0 Å². The summed E-state index contributed by atoms with van der Waals surface area (Å²) in [5.41, 5.74) is -0.0149. The molecule has 7 heteroatoms. The van der Waals surface area contributed by atoms with Gasteiger partial charge in [0, 0.05) is 19.8 Å². The van der Waals surface area contributed by atoms with Crippen LogP contribution in [0.4, 0.5) is 10.5 Å². The summed E-state index contributed by atoms with van der Waals surface area (Å²) in [4.78, 5) is 16.4. The lowest BCUT2D eigenvalue weighted by Gasteiger charge is -2.28. The number of rotatable bonds is 6. The zero-order valence-electron chi connectivity index (χ0n) is 15.3. The number of aliphatic hydroxyl groups is 1. The third kappa shape index (κ3) is 5.19. The minimum atomic E-state index is -0.718. The molecule has 1 aromatic heterocycles. The van der Waals surface area contributed by atoms with E-state index >= 15 is 0 Å². The second-order valence-electron chi connectivity index (χ2n) is 7.61. The number of hydrogen-bond acceptors (Lipinski definition) is 4. The van der Waals surface area contributed by atoms with Gasteiger partial charge >= 0.3 is 6.03 Å². The SMILES string of the molecule is CN(CC1(O)CCCC1)C(=O)Nc1cnn(CCN2CCCCC2)c1. The Labute approximate surface area is 150 Å². The van der Waals surface area contributed by atoms with Gasteiger partial charge in [0.2, 0.25) is 0 Å². The van der Waals surface area contributed by atoms with Crippen molar-refractivity contribution in [3.63, 3.8) is 0 Å². The topological polar surface area (TPSA) is 73.6 Å². The van der Waals surface area contributed by atoms with Gasteiger partial charge in [-0.2, -0.15) is 5.10 Å². The summed E-state index contributed by atoms with van der Waals surface area (Å²) >= 11 is 0. The smallest absolute Gasteiger partial charge is 0.321 e. The molecule has 2 amide bonds. The van der Waals surface area contributed by atoms with Crippen LogP contribution in [-0.2, 0) is 6.54 Å². The lowest BCUT2D eigenvalue weighted by molar-refractivity contribution is 0.0261. The highest BCUT2D eigenvalue weighted by atomic mass is 16.3. The van der Waals surface area contributed by atoms with Crippen molar-refractivity contribution in [2.75, 3.05) is 38.5 Å². The molecule has 1 aromatic rings. The minimum absolute atomic E-state index is 0.198. The summed E-state index contributed by atoms with van der Waals surface area (Å²) in [6.45, 7) is 4.58. The number of likely N-dealkylation sites (N-methyl/N-ethyl adjacent to an activating group) is 1. The highest BCUT2D eigenvalue weighted by Gasteiger charge is 2.33. The van der Waals surface area contributed by atoms with Crippen LogP contribution in [0, 0.1) is 0 Å². The number of hydrogen-bond donors (Lipinski definition) is 2. The quantitative estimate of drug-likeness (QED) is 0.825. The van der Waals surface area contributed by atoms with Crippen LogP contribution in [0.15, 0.2) is 12.4 Å². The van der Waals surface area contributed by atoms with Gasteiger partial charge in [0.05, 0.1) is 30.6 Å². The van der Waals surface area contributed by atoms with Crippen molar-refractivity contribution in [2.24, 2.45) is 0 Å². The summed E-state index contributed by atoms with van der Waals surface area (Å²) in [6, 6.07) is -0.198. The fraction of sp³-hybridized carbons (Fsp3) is 0.778. The number of aromatic nitrogens is 2. The molecule has 2 fully saturated rings. The van der Waals surface area contributed by atoms with Crippen molar-refractivity contribution < 1.29 is 9.90 Å². The Morgan fingerprint density at radius 1 is 1.24 bits per heavy atom. The first kappa shape index (κ1) is 18.2. The number of nitrogens with zero attached hydrogens (tertiary/aromatic N) is 4. The second-order valence-corrected chi connectivity index (χ2v) is 7.61. The number of amides is 2. The molecule has 2 N–H and O–H groups in total. The normalized spacial score (nSPS) is 20.6. The van der Waals surface area contributed by atoms with Gasteiger partial charge in [-0.3, -0.25) is 4.68 Å². The van der Waals surface area contributed by atoms with E-state index in [9.17, 15) is 9.90 Å². The van der Waals surface area contributed by atoms with E-state index in [-0.39, 0.29) is 6.03 Å². The average molecular weight is 349 g/mol. The molecule has 0 bridgehead atoms. The van der Waals surface area contributed by atoms with Gasteiger partial charge < -0.3 is 20.2 Å². The molecular formula is C18H31N5O2. The van der Waals surface area contributed by atoms with E-state index in [4.69, 9.17) is 0 Å². The lowest BCUT2D eigenvalue weighted by Crippen LogP contribution is -2.43. The van der Waals surface area contributed by atoms with Gasteiger partial charge in [-0.25, -0.2) is 4.79 Å². The van der Waals surface area contributed by atoms with Gasteiger partial charge in [0.15, 0.2) is 0 Å². The molecule has 2 aliphatic rings. The van der Waals surface area contributed by atoms with Crippen LogP contribution in [-0.4, -0.2) is 69.5 Å². The minimum Gasteiger partial charge on any atom is -0.388 e. The number of likely N-dealkylation sites (tertiary alicyclic amines) is 1. The highest BCUT2D eigenvalue weighted by molar-refractivity contribution is 5.88. The largest absolute Gasteiger partial charge is 0.388 e. The van der Waals surface area contributed by atoms with Crippen LogP contribution < -0.4 is 5.32 Å². The molecule has 0 radical (unpaired) electrons. The summed E-state index contributed by atoms with van der Waals surface area (Å²) < 4.78 is 1.88. The van der Waals surface area contributed by atoms with E-state index in [1.807, 2.05) is 10.9 Å². The third-order valence-electron chi connectivity index (χ3n) is 5.39. The van der Waals surface area contributed by atoms with Crippen molar-refractivity contribution in [1.29, 1.82) is 0 Å². The fourth-order valence-electron chi connectivity index (χ4n) is 3.90. The lowest BCUT2D eigenvalue weighted by atomic mass is 10.0. The highest BCUT2D eigenvalue weighted by Crippen LogP contribution is 2.30. The summed E-state index contributed by atoms with van der Waals surface area (Å²) in [7, 11) is 1.73. The van der Waals surface area contributed by atoms with Crippen LogP contribution in [0.2, 0.25) is 0 Å². The monoisotopic (exact) mass is 349 g/mol. The van der Waals surface area contributed by atoms with E-state index in [1.54, 1.807) is 18.1 Å². The molecule has 0 atom stereocenters. The number of anilines is 1. The summed E-state index contributed by atoms with van der Waals surface area (Å²) in [5.74, 6) is 0. The Kier molecular flexibility index (Phi) is 5.96. The number of piperidine rings is 1. The average Bonchev–Trinajstić information content (AvgIpc) is 3.23. The maximum atomic E-state index is 12.3. The summed E-state index contributed by atoms with van der Waals surface area (Å²) in [6.07, 6.45) is 11.1. The Morgan fingerprint density at radius 3 is 2.68 bits per heavy atom. The molecule has 3 rings (SSSR count). The molecule has 1 aliphatic heterocycles. The molecular weight excluding hydrogens is 318 g/mol. The Hall–Kier alpha value is -1.60. The Bertz CT molecular complexity index is 562. The molecule has 1 saturated carbocycles. The zero-order chi connectivity index (χ0) is 17.7. The van der Waals surface area contributed by atoms with Crippen LogP contribution in [0.5, 0.6) is 0 Å². The van der Waals surface area contributed by atoms with E-state index in [2.05, 4.69) is 15.3 Å². The summed E-state index contributed by atoms with van der Waals surface area (Å²) in [5, 5.41) is 17.6. The maximum absolute atomic E-state index is 12.3. The van der Waals surface area contributed by atoms with Gasteiger partial charge in [-0.1, -0.05) is 19.3 Å².